The van der Waals surface area contributed by atoms with Gasteiger partial charge in [0.25, 0.3) is 0 Å². The summed E-state index contributed by atoms with van der Waals surface area (Å²) in [5, 5.41) is 0.383. The van der Waals surface area contributed by atoms with Gasteiger partial charge in [0, 0.05) is 25.3 Å². The Bertz CT molecular complexity index is 310. The fourth-order valence-electron chi connectivity index (χ4n) is 2.69. The SMILES string of the molecule is CCCCCCCC(=O)SCCC[Si](C)(C)OCCN(CC)CC. The molecule has 0 saturated heterocycles. The van der Waals surface area contributed by atoms with E-state index in [0.29, 0.717) is 5.12 Å². The van der Waals surface area contributed by atoms with Gasteiger partial charge in [-0.2, -0.15) is 0 Å². The predicted octanol–water partition coefficient (Wildman–Crippen LogP) is 5.56. The zero-order valence-electron chi connectivity index (χ0n) is 16.9. The summed E-state index contributed by atoms with van der Waals surface area (Å²) in [6.07, 6.45) is 7.99. The van der Waals surface area contributed by atoms with Gasteiger partial charge in [-0.3, -0.25) is 4.79 Å². The summed E-state index contributed by atoms with van der Waals surface area (Å²) in [7, 11) is -1.56. The number of thioether (sulfide) groups is 1. The first-order valence-electron chi connectivity index (χ1n) is 9.97. The Kier molecular flexibility index (Phi) is 15.5. The molecule has 0 bridgehead atoms. The lowest BCUT2D eigenvalue weighted by atomic mass is 10.1. The van der Waals surface area contributed by atoms with Crippen molar-refractivity contribution >= 4 is 25.2 Å². The average Bonchev–Trinajstić information content (AvgIpc) is 2.55. The van der Waals surface area contributed by atoms with Gasteiger partial charge in [0.05, 0.1) is 0 Å². The predicted molar refractivity (Wildman–Crippen MR) is 111 cm³/mol. The highest BCUT2D eigenvalue weighted by atomic mass is 32.2. The number of hydrogen-bond donors (Lipinski definition) is 0. The van der Waals surface area contributed by atoms with Gasteiger partial charge in [-0.15, -0.1) is 0 Å². The van der Waals surface area contributed by atoms with Crippen molar-refractivity contribution in [3.8, 4) is 0 Å². The summed E-state index contributed by atoms with van der Waals surface area (Å²) < 4.78 is 6.18. The van der Waals surface area contributed by atoms with E-state index in [1.807, 2.05) is 0 Å². The van der Waals surface area contributed by atoms with Gasteiger partial charge in [0.2, 0.25) is 0 Å². The minimum atomic E-state index is -1.56. The molecule has 3 nitrogen and oxygen atoms in total. The number of likely N-dealkylation sites (N-methyl/N-ethyl adjacent to an activating group) is 1. The smallest absolute Gasteiger partial charge is 0.188 e. The molecule has 0 saturated carbocycles. The van der Waals surface area contributed by atoms with Crippen LogP contribution in [0.25, 0.3) is 0 Å². The molecule has 5 heteroatoms. The van der Waals surface area contributed by atoms with Gasteiger partial charge in [-0.05, 0) is 45.1 Å². The molecule has 0 radical (unpaired) electrons. The van der Waals surface area contributed by atoms with E-state index in [0.717, 1.165) is 57.3 Å². The van der Waals surface area contributed by atoms with Crippen LogP contribution in [-0.4, -0.2) is 50.3 Å². The van der Waals surface area contributed by atoms with Crippen molar-refractivity contribution < 1.29 is 9.22 Å². The number of nitrogens with zero attached hydrogens (tertiary/aromatic N) is 1. The van der Waals surface area contributed by atoms with Crippen LogP contribution < -0.4 is 0 Å². The summed E-state index contributed by atoms with van der Waals surface area (Å²) in [5.41, 5.74) is 0. The van der Waals surface area contributed by atoms with E-state index in [2.05, 4.69) is 38.8 Å². The molecule has 0 spiro atoms. The van der Waals surface area contributed by atoms with Crippen LogP contribution in [0.1, 0.15) is 65.7 Å². The van der Waals surface area contributed by atoms with Gasteiger partial charge < -0.3 is 9.33 Å². The van der Waals surface area contributed by atoms with Crippen LogP contribution in [0.3, 0.4) is 0 Å². The van der Waals surface area contributed by atoms with E-state index in [9.17, 15) is 4.79 Å². The zero-order chi connectivity index (χ0) is 18.3. The second-order valence-electron chi connectivity index (χ2n) is 7.12. The highest BCUT2D eigenvalue weighted by Gasteiger charge is 2.22. The quantitative estimate of drug-likeness (QED) is 0.261. The number of carbonyl (C=O) groups excluding carboxylic acids is 1. The normalized spacial score (nSPS) is 12.1. The highest BCUT2D eigenvalue weighted by Crippen LogP contribution is 2.18. The van der Waals surface area contributed by atoms with Gasteiger partial charge in [0.15, 0.2) is 13.4 Å². The second-order valence-corrected chi connectivity index (χ2v) is 12.6. The minimum absolute atomic E-state index is 0.383. The Morgan fingerprint density at radius 1 is 1.00 bits per heavy atom. The molecule has 0 aliphatic rings. The maximum absolute atomic E-state index is 11.9. The Balaban J connectivity index is 3.64. The van der Waals surface area contributed by atoms with E-state index < -0.39 is 8.32 Å². The molecule has 0 amide bonds. The molecule has 0 aliphatic carbocycles. The molecule has 0 atom stereocenters. The van der Waals surface area contributed by atoms with Crippen molar-refractivity contribution in [2.75, 3.05) is 32.0 Å². The van der Waals surface area contributed by atoms with Crippen LogP contribution in [-0.2, 0) is 9.22 Å². The maximum atomic E-state index is 11.9. The van der Waals surface area contributed by atoms with Crippen LogP contribution >= 0.6 is 11.8 Å². The highest BCUT2D eigenvalue weighted by molar-refractivity contribution is 8.13. The van der Waals surface area contributed by atoms with Gasteiger partial charge in [0.1, 0.15) is 0 Å². The Hall–Kier alpha value is 0.157. The molecule has 24 heavy (non-hydrogen) atoms. The fourth-order valence-corrected chi connectivity index (χ4v) is 5.57. The van der Waals surface area contributed by atoms with Crippen molar-refractivity contribution in [2.24, 2.45) is 0 Å². The summed E-state index contributed by atoms with van der Waals surface area (Å²) in [4.78, 5) is 14.3. The monoisotopic (exact) mass is 375 g/mol. The molecule has 0 unspecified atom stereocenters. The first-order chi connectivity index (χ1) is 11.4. The van der Waals surface area contributed by atoms with E-state index in [1.165, 1.54) is 37.4 Å². The first kappa shape index (κ1) is 24.2. The molecule has 0 rings (SSSR count). The molecular formula is C19H41NO2SSi. The second kappa shape index (κ2) is 15.4. The van der Waals surface area contributed by atoms with E-state index in [4.69, 9.17) is 4.43 Å². The molecule has 0 aliphatic heterocycles. The standard InChI is InChI=1S/C19H41NO2SSi/c1-6-9-10-11-12-14-19(21)23-17-13-18-24(4,5)22-16-15-20(7-2)8-3/h6-18H2,1-5H3. The fraction of sp³-hybridized carbons (Fsp3) is 0.947. The van der Waals surface area contributed by atoms with Gasteiger partial charge >= 0.3 is 0 Å². The topological polar surface area (TPSA) is 29.5 Å². The van der Waals surface area contributed by atoms with Crippen LogP contribution in [0.15, 0.2) is 0 Å². The minimum Gasteiger partial charge on any atom is -0.416 e. The molecular weight excluding hydrogens is 334 g/mol. The molecule has 144 valence electrons. The van der Waals surface area contributed by atoms with E-state index in [-0.39, 0.29) is 0 Å². The zero-order valence-corrected chi connectivity index (χ0v) is 18.7. The van der Waals surface area contributed by atoms with Gasteiger partial charge in [-0.25, -0.2) is 0 Å². The molecule has 0 N–H and O–H groups in total. The Morgan fingerprint density at radius 2 is 1.67 bits per heavy atom. The lowest BCUT2D eigenvalue weighted by molar-refractivity contribution is -0.111. The lowest BCUT2D eigenvalue weighted by Gasteiger charge is -2.25. The molecule has 0 aromatic heterocycles. The van der Waals surface area contributed by atoms with Crippen molar-refractivity contribution in [1.29, 1.82) is 0 Å². The van der Waals surface area contributed by atoms with Crippen molar-refractivity contribution in [2.45, 2.75) is 84.9 Å². The van der Waals surface area contributed by atoms with E-state index in [1.54, 1.807) is 0 Å². The molecule has 0 heterocycles. The first-order valence-corrected chi connectivity index (χ1v) is 14.1. The third-order valence-corrected chi connectivity index (χ3v) is 8.03. The molecule has 0 aromatic rings. The molecule has 0 aromatic carbocycles. The summed E-state index contributed by atoms with van der Waals surface area (Å²) in [5.74, 6) is 0.962. The van der Waals surface area contributed by atoms with Crippen LogP contribution in [0.5, 0.6) is 0 Å². The summed E-state index contributed by atoms with van der Waals surface area (Å²) >= 11 is 1.54. The van der Waals surface area contributed by atoms with Crippen molar-refractivity contribution in [3.05, 3.63) is 0 Å². The number of carbonyl (C=O) groups is 1. The number of unbranched alkanes of at least 4 members (excludes halogenated alkanes) is 4. The largest absolute Gasteiger partial charge is 0.416 e. The average molecular weight is 376 g/mol. The van der Waals surface area contributed by atoms with Crippen LogP contribution in [0.4, 0.5) is 0 Å². The summed E-state index contributed by atoms with van der Waals surface area (Å²) in [6, 6.07) is 1.15. The summed E-state index contributed by atoms with van der Waals surface area (Å²) in [6.45, 7) is 15.3. The Labute approximate surface area is 156 Å². The Morgan fingerprint density at radius 3 is 2.29 bits per heavy atom. The molecule has 0 fully saturated rings. The van der Waals surface area contributed by atoms with Gasteiger partial charge in [-0.1, -0.05) is 58.2 Å². The van der Waals surface area contributed by atoms with Crippen molar-refractivity contribution in [1.82, 2.24) is 4.90 Å². The van der Waals surface area contributed by atoms with Crippen LogP contribution in [0.2, 0.25) is 19.1 Å². The third-order valence-electron chi connectivity index (χ3n) is 4.47. The van der Waals surface area contributed by atoms with E-state index >= 15 is 0 Å². The lowest BCUT2D eigenvalue weighted by Crippen LogP contribution is -2.35. The third kappa shape index (κ3) is 14.5. The number of rotatable bonds is 16. The maximum Gasteiger partial charge on any atom is 0.188 e. The van der Waals surface area contributed by atoms with Crippen molar-refractivity contribution in [3.63, 3.8) is 0 Å². The number of hydrogen-bond acceptors (Lipinski definition) is 4. The van der Waals surface area contributed by atoms with Crippen LogP contribution in [0, 0.1) is 0 Å².